The number of carbonyl (C=O) groups is 2. The van der Waals surface area contributed by atoms with Crippen molar-refractivity contribution in [2.24, 2.45) is 0 Å². The fourth-order valence-corrected chi connectivity index (χ4v) is 3.98. The molecule has 6 heteroatoms. The van der Waals surface area contributed by atoms with Crippen LogP contribution in [0.2, 0.25) is 0 Å². The summed E-state index contributed by atoms with van der Waals surface area (Å²) in [6.45, 7) is 4.83. The largest absolute Gasteiger partial charge is 0.355 e. The SMILES string of the molecule is CCNC(=O)C(CC)N(CCc1ccccc1)C(=O)CSCc1ccc(F)cc1. The summed E-state index contributed by atoms with van der Waals surface area (Å²) in [6.07, 6.45) is 1.26. The highest BCUT2D eigenvalue weighted by atomic mass is 32.2. The molecule has 0 saturated carbocycles. The van der Waals surface area contributed by atoms with Crippen molar-refractivity contribution in [3.8, 4) is 0 Å². The first kappa shape index (κ1) is 22.9. The van der Waals surface area contributed by atoms with Gasteiger partial charge in [0.2, 0.25) is 11.8 Å². The summed E-state index contributed by atoms with van der Waals surface area (Å²) in [5.41, 5.74) is 2.10. The molecular weight excluding hydrogens is 387 g/mol. The molecule has 0 radical (unpaired) electrons. The Labute approximate surface area is 176 Å². The van der Waals surface area contributed by atoms with Crippen LogP contribution in [0.4, 0.5) is 4.39 Å². The van der Waals surface area contributed by atoms with Crippen molar-refractivity contribution >= 4 is 23.6 Å². The van der Waals surface area contributed by atoms with Gasteiger partial charge in [-0.25, -0.2) is 4.39 Å². The molecule has 1 unspecified atom stereocenters. The van der Waals surface area contributed by atoms with Gasteiger partial charge < -0.3 is 10.2 Å². The summed E-state index contributed by atoms with van der Waals surface area (Å²) in [5.74, 6) is 0.471. The van der Waals surface area contributed by atoms with Crippen LogP contribution in [-0.2, 0) is 21.8 Å². The van der Waals surface area contributed by atoms with Crippen molar-refractivity contribution in [1.82, 2.24) is 10.2 Å². The zero-order valence-corrected chi connectivity index (χ0v) is 17.9. The second-order valence-electron chi connectivity index (χ2n) is 6.76. The number of hydrogen-bond acceptors (Lipinski definition) is 3. The van der Waals surface area contributed by atoms with Gasteiger partial charge in [0, 0.05) is 18.8 Å². The van der Waals surface area contributed by atoms with Gasteiger partial charge in [-0.15, -0.1) is 11.8 Å². The van der Waals surface area contributed by atoms with Gasteiger partial charge in [-0.3, -0.25) is 9.59 Å². The molecule has 0 fully saturated rings. The minimum Gasteiger partial charge on any atom is -0.355 e. The van der Waals surface area contributed by atoms with Crippen molar-refractivity contribution in [2.75, 3.05) is 18.8 Å². The Morgan fingerprint density at radius 1 is 1.03 bits per heavy atom. The Kier molecular flexibility index (Phi) is 9.71. The van der Waals surface area contributed by atoms with Crippen LogP contribution in [0, 0.1) is 5.82 Å². The van der Waals surface area contributed by atoms with Crippen LogP contribution >= 0.6 is 11.8 Å². The molecule has 0 aliphatic heterocycles. The van der Waals surface area contributed by atoms with E-state index in [2.05, 4.69) is 5.32 Å². The van der Waals surface area contributed by atoms with E-state index in [0.29, 0.717) is 31.7 Å². The van der Waals surface area contributed by atoms with E-state index in [1.54, 1.807) is 17.0 Å². The van der Waals surface area contributed by atoms with E-state index in [1.165, 1.54) is 23.9 Å². The summed E-state index contributed by atoms with van der Waals surface area (Å²) in [7, 11) is 0. The molecule has 156 valence electrons. The van der Waals surface area contributed by atoms with Crippen molar-refractivity contribution in [2.45, 2.75) is 38.5 Å². The summed E-state index contributed by atoms with van der Waals surface area (Å²) in [4.78, 5) is 27.2. The second kappa shape index (κ2) is 12.3. The minimum atomic E-state index is -0.474. The van der Waals surface area contributed by atoms with Gasteiger partial charge in [0.25, 0.3) is 0 Å². The van der Waals surface area contributed by atoms with E-state index in [-0.39, 0.29) is 23.4 Å². The fraction of sp³-hybridized carbons (Fsp3) is 0.391. The standard InChI is InChI=1S/C23H29FN2O2S/c1-3-21(23(28)25-4-2)26(15-14-18-8-6-5-7-9-18)22(27)17-29-16-19-10-12-20(24)13-11-19/h5-13,21H,3-4,14-17H2,1-2H3,(H,25,28). The number of nitrogens with one attached hydrogen (secondary N) is 1. The molecule has 0 aromatic heterocycles. The maximum absolute atomic E-state index is 13.0. The first-order valence-corrected chi connectivity index (χ1v) is 11.1. The quantitative estimate of drug-likeness (QED) is 0.601. The van der Waals surface area contributed by atoms with E-state index in [1.807, 2.05) is 44.2 Å². The predicted octanol–water partition coefficient (Wildman–Crippen LogP) is 4.04. The van der Waals surface area contributed by atoms with Crippen LogP contribution in [0.3, 0.4) is 0 Å². The lowest BCUT2D eigenvalue weighted by Crippen LogP contribution is -2.50. The van der Waals surface area contributed by atoms with E-state index < -0.39 is 6.04 Å². The Morgan fingerprint density at radius 2 is 1.72 bits per heavy atom. The van der Waals surface area contributed by atoms with E-state index in [9.17, 15) is 14.0 Å². The molecule has 2 rings (SSSR count). The van der Waals surface area contributed by atoms with Crippen LogP contribution in [0.5, 0.6) is 0 Å². The van der Waals surface area contributed by atoms with Crippen LogP contribution < -0.4 is 5.32 Å². The number of nitrogens with zero attached hydrogens (tertiary/aromatic N) is 1. The first-order valence-electron chi connectivity index (χ1n) is 9.98. The number of rotatable bonds is 11. The van der Waals surface area contributed by atoms with Gasteiger partial charge in [0.1, 0.15) is 11.9 Å². The summed E-state index contributed by atoms with van der Waals surface area (Å²) in [5, 5.41) is 2.84. The summed E-state index contributed by atoms with van der Waals surface area (Å²) >= 11 is 1.48. The molecule has 0 saturated heterocycles. The van der Waals surface area contributed by atoms with Gasteiger partial charge in [-0.1, -0.05) is 49.4 Å². The number of halogens is 1. The minimum absolute atomic E-state index is 0.0499. The average molecular weight is 417 g/mol. The monoisotopic (exact) mass is 416 g/mol. The molecule has 0 spiro atoms. The molecule has 0 bridgehead atoms. The average Bonchev–Trinajstić information content (AvgIpc) is 2.73. The zero-order valence-electron chi connectivity index (χ0n) is 17.1. The molecule has 2 aromatic rings. The second-order valence-corrected chi connectivity index (χ2v) is 7.75. The van der Waals surface area contributed by atoms with Crippen LogP contribution in [0.25, 0.3) is 0 Å². The normalized spacial score (nSPS) is 11.7. The number of amides is 2. The topological polar surface area (TPSA) is 49.4 Å². The Bertz CT molecular complexity index is 768. The Balaban J connectivity index is 2.02. The maximum Gasteiger partial charge on any atom is 0.242 e. The summed E-state index contributed by atoms with van der Waals surface area (Å²) < 4.78 is 13.0. The third kappa shape index (κ3) is 7.54. The van der Waals surface area contributed by atoms with E-state index >= 15 is 0 Å². The van der Waals surface area contributed by atoms with Crippen molar-refractivity contribution < 1.29 is 14.0 Å². The fourth-order valence-electron chi connectivity index (χ4n) is 3.11. The maximum atomic E-state index is 13.0. The zero-order chi connectivity index (χ0) is 21.1. The number of likely N-dealkylation sites (N-methyl/N-ethyl adjacent to an activating group) is 1. The number of hydrogen-bond donors (Lipinski definition) is 1. The third-order valence-corrected chi connectivity index (χ3v) is 5.62. The molecule has 1 atom stereocenters. The van der Waals surface area contributed by atoms with Gasteiger partial charge in [-0.05, 0) is 43.0 Å². The smallest absolute Gasteiger partial charge is 0.242 e. The predicted molar refractivity (Wildman–Crippen MR) is 117 cm³/mol. The summed E-state index contributed by atoms with van der Waals surface area (Å²) in [6, 6.07) is 15.8. The highest BCUT2D eigenvalue weighted by Crippen LogP contribution is 2.16. The van der Waals surface area contributed by atoms with Gasteiger partial charge in [-0.2, -0.15) is 0 Å². The highest BCUT2D eigenvalue weighted by molar-refractivity contribution is 7.99. The number of benzene rings is 2. The van der Waals surface area contributed by atoms with Crippen molar-refractivity contribution in [3.05, 3.63) is 71.5 Å². The lowest BCUT2D eigenvalue weighted by atomic mass is 10.1. The molecule has 29 heavy (non-hydrogen) atoms. The van der Waals surface area contributed by atoms with Crippen LogP contribution in [-0.4, -0.2) is 41.6 Å². The third-order valence-electron chi connectivity index (χ3n) is 4.63. The van der Waals surface area contributed by atoms with Gasteiger partial charge >= 0.3 is 0 Å². The molecule has 0 heterocycles. The Hall–Kier alpha value is -2.34. The lowest BCUT2D eigenvalue weighted by Gasteiger charge is -2.30. The molecule has 2 aromatic carbocycles. The molecule has 1 N–H and O–H groups in total. The highest BCUT2D eigenvalue weighted by Gasteiger charge is 2.27. The van der Waals surface area contributed by atoms with Crippen molar-refractivity contribution in [3.63, 3.8) is 0 Å². The van der Waals surface area contributed by atoms with Gasteiger partial charge in [0.05, 0.1) is 5.75 Å². The van der Waals surface area contributed by atoms with E-state index in [4.69, 9.17) is 0 Å². The van der Waals surface area contributed by atoms with Crippen LogP contribution in [0.1, 0.15) is 31.4 Å². The lowest BCUT2D eigenvalue weighted by molar-refractivity contribution is -0.138. The molecule has 0 aliphatic rings. The molecular formula is C23H29FN2O2S. The molecule has 0 aliphatic carbocycles. The molecule has 2 amide bonds. The first-order chi connectivity index (χ1) is 14.0. The van der Waals surface area contributed by atoms with Crippen molar-refractivity contribution in [1.29, 1.82) is 0 Å². The number of thioether (sulfide) groups is 1. The molecule has 4 nitrogen and oxygen atoms in total. The number of carbonyl (C=O) groups excluding carboxylic acids is 2. The Morgan fingerprint density at radius 3 is 2.34 bits per heavy atom. The van der Waals surface area contributed by atoms with E-state index in [0.717, 1.165) is 11.1 Å². The van der Waals surface area contributed by atoms with Crippen LogP contribution in [0.15, 0.2) is 54.6 Å². The van der Waals surface area contributed by atoms with Gasteiger partial charge in [0.15, 0.2) is 0 Å².